The molecule has 0 aliphatic heterocycles. The van der Waals surface area contributed by atoms with Crippen LogP contribution in [0.3, 0.4) is 0 Å². The summed E-state index contributed by atoms with van der Waals surface area (Å²) in [7, 11) is 0. The molecule has 108 valence electrons. The van der Waals surface area contributed by atoms with Crippen LogP contribution in [0, 0.1) is 0 Å². The van der Waals surface area contributed by atoms with Gasteiger partial charge in [0.2, 0.25) is 0 Å². The second-order valence-electron chi connectivity index (χ2n) is 4.87. The molecule has 1 atom stereocenters. The number of aromatic amines is 1. The number of hydrogen-bond acceptors (Lipinski definition) is 3. The minimum Gasteiger partial charge on any atom is -0.306 e. The van der Waals surface area contributed by atoms with Crippen molar-refractivity contribution in [2.24, 2.45) is 0 Å². The first-order chi connectivity index (χ1) is 10.3. The lowest BCUT2D eigenvalue weighted by Crippen LogP contribution is -2.18. The minimum absolute atomic E-state index is 0.270. The molecule has 0 saturated heterocycles. The van der Waals surface area contributed by atoms with E-state index in [1.165, 1.54) is 16.0 Å². The van der Waals surface area contributed by atoms with E-state index in [1.54, 1.807) is 11.3 Å². The number of thiophene rings is 1. The highest BCUT2D eigenvalue weighted by Gasteiger charge is 2.12. The molecule has 0 bridgehead atoms. The van der Waals surface area contributed by atoms with Crippen LogP contribution < -0.4 is 5.32 Å². The number of nitrogens with one attached hydrogen (secondary N) is 2. The molecular formula is C16H16BrN3S. The number of H-pyrrole nitrogens is 1. The Morgan fingerprint density at radius 2 is 2.14 bits per heavy atom. The molecule has 2 aromatic heterocycles. The Labute approximate surface area is 136 Å². The van der Waals surface area contributed by atoms with Gasteiger partial charge < -0.3 is 5.32 Å². The first-order valence-corrected chi connectivity index (χ1v) is 8.47. The SMILES string of the molecule is C[C@H](NCc1cn[nH]c1-c1cccs1)c1ccccc1Br. The summed E-state index contributed by atoms with van der Waals surface area (Å²) in [6.45, 7) is 2.96. The van der Waals surface area contributed by atoms with E-state index in [0.29, 0.717) is 0 Å². The monoisotopic (exact) mass is 361 g/mol. The van der Waals surface area contributed by atoms with E-state index in [9.17, 15) is 0 Å². The number of nitrogens with zero attached hydrogens (tertiary/aromatic N) is 1. The third-order valence-electron chi connectivity index (χ3n) is 3.46. The van der Waals surface area contributed by atoms with E-state index in [-0.39, 0.29) is 6.04 Å². The van der Waals surface area contributed by atoms with Gasteiger partial charge in [-0.15, -0.1) is 11.3 Å². The summed E-state index contributed by atoms with van der Waals surface area (Å²) in [4.78, 5) is 1.22. The number of aromatic nitrogens is 2. The Hall–Kier alpha value is -1.43. The quantitative estimate of drug-likeness (QED) is 0.688. The maximum absolute atomic E-state index is 4.18. The topological polar surface area (TPSA) is 40.7 Å². The molecule has 0 unspecified atom stereocenters. The smallest absolute Gasteiger partial charge is 0.0794 e. The average Bonchev–Trinajstić information content (AvgIpc) is 3.16. The molecule has 2 heterocycles. The highest BCUT2D eigenvalue weighted by atomic mass is 79.9. The van der Waals surface area contributed by atoms with Gasteiger partial charge in [0.25, 0.3) is 0 Å². The van der Waals surface area contributed by atoms with Gasteiger partial charge in [0.1, 0.15) is 0 Å². The predicted octanol–water partition coefficient (Wildman–Crippen LogP) is 4.75. The number of rotatable bonds is 5. The summed E-state index contributed by atoms with van der Waals surface area (Å²) >= 11 is 5.33. The maximum atomic E-state index is 4.18. The molecule has 0 radical (unpaired) electrons. The van der Waals surface area contributed by atoms with Gasteiger partial charge in [-0.3, -0.25) is 5.10 Å². The third-order valence-corrected chi connectivity index (χ3v) is 5.07. The van der Waals surface area contributed by atoms with E-state index in [2.05, 4.69) is 74.1 Å². The fourth-order valence-electron chi connectivity index (χ4n) is 2.28. The lowest BCUT2D eigenvalue weighted by molar-refractivity contribution is 0.573. The standard InChI is InChI=1S/C16H16BrN3S/c1-11(13-5-2-3-6-14(13)17)18-9-12-10-19-20-16(12)15-7-4-8-21-15/h2-8,10-11,18H,9H2,1H3,(H,19,20)/t11-/m0/s1. The van der Waals surface area contributed by atoms with E-state index in [0.717, 1.165) is 16.7 Å². The summed E-state index contributed by atoms with van der Waals surface area (Å²) in [5.74, 6) is 0. The zero-order valence-electron chi connectivity index (χ0n) is 11.6. The van der Waals surface area contributed by atoms with Gasteiger partial charge in [-0.1, -0.05) is 40.2 Å². The third kappa shape index (κ3) is 3.26. The Kier molecular flexibility index (Phi) is 4.53. The van der Waals surface area contributed by atoms with E-state index < -0.39 is 0 Å². The second-order valence-corrected chi connectivity index (χ2v) is 6.67. The van der Waals surface area contributed by atoms with E-state index >= 15 is 0 Å². The summed E-state index contributed by atoms with van der Waals surface area (Å²) in [6, 6.07) is 12.7. The second kappa shape index (κ2) is 6.56. The summed E-state index contributed by atoms with van der Waals surface area (Å²) in [5.41, 5.74) is 3.56. The number of hydrogen-bond donors (Lipinski definition) is 2. The number of benzene rings is 1. The van der Waals surface area contributed by atoms with Crippen molar-refractivity contribution >= 4 is 27.3 Å². The van der Waals surface area contributed by atoms with Crippen molar-refractivity contribution in [3.63, 3.8) is 0 Å². The van der Waals surface area contributed by atoms with Crippen LogP contribution in [0.25, 0.3) is 10.6 Å². The van der Waals surface area contributed by atoms with Crippen LogP contribution in [0.15, 0.2) is 52.4 Å². The predicted molar refractivity (Wildman–Crippen MR) is 91.3 cm³/mol. The maximum Gasteiger partial charge on any atom is 0.0794 e. The molecule has 0 amide bonds. The van der Waals surface area contributed by atoms with Crippen molar-refractivity contribution < 1.29 is 0 Å². The van der Waals surface area contributed by atoms with Gasteiger partial charge in [0.15, 0.2) is 0 Å². The van der Waals surface area contributed by atoms with Gasteiger partial charge in [-0.05, 0) is 30.0 Å². The van der Waals surface area contributed by atoms with Crippen LogP contribution in [0.1, 0.15) is 24.1 Å². The molecular weight excluding hydrogens is 346 g/mol. The fourth-order valence-corrected chi connectivity index (χ4v) is 3.66. The summed E-state index contributed by atoms with van der Waals surface area (Å²) in [6.07, 6.45) is 1.90. The average molecular weight is 362 g/mol. The van der Waals surface area contributed by atoms with Gasteiger partial charge in [-0.2, -0.15) is 5.10 Å². The normalized spacial score (nSPS) is 12.5. The fraction of sp³-hybridized carbons (Fsp3) is 0.188. The molecule has 21 heavy (non-hydrogen) atoms. The van der Waals surface area contributed by atoms with Gasteiger partial charge in [0, 0.05) is 22.6 Å². The van der Waals surface area contributed by atoms with Crippen molar-refractivity contribution in [3.8, 4) is 10.6 Å². The molecule has 2 N–H and O–H groups in total. The van der Waals surface area contributed by atoms with Crippen LogP contribution in [0.2, 0.25) is 0 Å². The van der Waals surface area contributed by atoms with Crippen molar-refractivity contribution in [1.82, 2.24) is 15.5 Å². The summed E-state index contributed by atoms with van der Waals surface area (Å²) in [5, 5.41) is 12.9. The van der Waals surface area contributed by atoms with Crippen molar-refractivity contribution in [2.75, 3.05) is 0 Å². The molecule has 1 aromatic carbocycles. The molecule has 0 saturated carbocycles. The molecule has 0 spiro atoms. The van der Waals surface area contributed by atoms with Crippen LogP contribution >= 0.6 is 27.3 Å². The van der Waals surface area contributed by atoms with Crippen molar-refractivity contribution in [1.29, 1.82) is 0 Å². The molecule has 3 aromatic rings. The first kappa shape index (κ1) is 14.5. The Morgan fingerprint density at radius 3 is 2.90 bits per heavy atom. The van der Waals surface area contributed by atoms with Crippen LogP contribution in [-0.4, -0.2) is 10.2 Å². The van der Waals surface area contributed by atoms with E-state index in [4.69, 9.17) is 0 Å². The van der Waals surface area contributed by atoms with Crippen LogP contribution in [-0.2, 0) is 6.54 Å². The lowest BCUT2D eigenvalue weighted by Gasteiger charge is -2.15. The highest BCUT2D eigenvalue weighted by Crippen LogP contribution is 2.27. The van der Waals surface area contributed by atoms with Gasteiger partial charge in [0.05, 0.1) is 16.8 Å². The molecule has 0 aliphatic carbocycles. The molecule has 0 fully saturated rings. The largest absolute Gasteiger partial charge is 0.306 e. The molecule has 3 nitrogen and oxygen atoms in total. The Balaban J connectivity index is 1.72. The molecule has 0 aliphatic rings. The van der Waals surface area contributed by atoms with E-state index in [1.807, 2.05) is 12.3 Å². The number of halogens is 1. The van der Waals surface area contributed by atoms with Gasteiger partial charge in [-0.25, -0.2) is 0 Å². The van der Waals surface area contributed by atoms with Crippen molar-refractivity contribution in [2.45, 2.75) is 19.5 Å². The Bertz CT molecular complexity index is 706. The van der Waals surface area contributed by atoms with Gasteiger partial charge >= 0.3 is 0 Å². The molecule has 3 rings (SSSR count). The Morgan fingerprint density at radius 1 is 1.29 bits per heavy atom. The zero-order valence-corrected chi connectivity index (χ0v) is 14.0. The zero-order chi connectivity index (χ0) is 14.7. The lowest BCUT2D eigenvalue weighted by atomic mass is 10.1. The molecule has 5 heteroatoms. The van der Waals surface area contributed by atoms with Crippen LogP contribution in [0.4, 0.5) is 0 Å². The van der Waals surface area contributed by atoms with Crippen molar-refractivity contribution in [3.05, 3.63) is 63.6 Å². The summed E-state index contributed by atoms with van der Waals surface area (Å²) < 4.78 is 1.13. The minimum atomic E-state index is 0.270. The first-order valence-electron chi connectivity index (χ1n) is 6.79. The van der Waals surface area contributed by atoms with Crippen LogP contribution in [0.5, 0.6) is 0 Å². The highest BCUT2D eigenvalue weighted by molar-refractivity contribution is 9.10.